The fraction of sp³-hybridized carbons (Fsp3) is 0.389. The summed E-state index contributed by atoms with van der Waals surface area (Å²) in [4.78, 5) is 17.9. The van der Waals surface area contributed by atoms with E-state index in [1.807, 2.05) is 35.2 Å². The van der Waals surface area contributed by atoms with Crippen LogP contribution in [0.15, 0.2) is 46.3 Å². The van der Waals surface area contributed by atoms with Crippen LogP contribution in [0.5, 0.6) is 0 Å². The van der Waals surface area contributed by atoms with Gasteiger partial charge in [-0.15, -0.1) is 11.3 Å². The van der Waals surface area contributed by atoms with Crippen LogP contribution >= 0.6 is 27.3 Å². The predicted molar refractivity (Wildman–Crippen MR) is 100.0 cm³/mol. The first kappa shape index (κ1) is 17.6. The average molecular weight is 409 g/mol. The Balaban J connectivity index is 1.37. The Bertz CT molecular complexity index is 654. The van der Waals surface area contributed by atoms with Gasteiger partial charge in [0, 0.05) is 37.6 Å². The van der Waals surface area contributed by atoms with Crippen LogP contribution in [0.4, 0.5) is 0 Å². The Morgan fingerprint density at radius 2 is 1.83 bits per heavy atom. The van der Waals surface area contributed by atoms with E-state index in [0.717, 1.165) is 38.3 Å². The number of thiophene rings is 1. The molecule has 0 unspecified atom stereocenters. The number of halogens is 1. The van der Waals surface area contributed by atoms with E-state index >= 15 is 0 Å². The first-order chi connectivity index (χ1) is 11.7. The van der Waals surface area contributed by atoms with E-state index in [1.165, 1.54) is 8.66 Å². The maximum Gasteiger partial charge on any atom is 0.248 e. The van der Waals surface area contributed by atoms with Crippen molar-refractivity contribution >= 4 is 33.2 Å². The van der Waals surface area contributed by atoms with Crippen molar-refractivity contribution in [3.05, 3.63) is 56.7 Å². The molecule has 0 aliphatic carbocycles. The normalized spacial score (nSPS) is 15.6. The smallest absolute Gasteiger partial charge is 0.248 e. The molecular formula is C18H21BrN2O2S. The van der Waals surface area contributed by atoms with Gasteiger partial charge in [0.25, 0.3) is 0 Å². The Hall–Kier alpha value is -1.21. The standard InChI is InChI=1S/C18H21BrN2O2S/c19-17-7-6-16(24-17)12-20-8-10-21(11-9-20)18(22)14-23-13-15-4-2-1-3-5-15/h1-7H,8-14H2. The zero-order valence-electron chi connectivity index (χ0n) is 13.5. The second kappa shape index (κ2) is 8.76. The van der Waals surface area contributed by atoms with Crippen molar-refractivity contribution in [3.63, 3.8) is 0 Å². The molecule has 0 atom stereocenters. The lowest BCUT2D eigenvalue weighted by Gasteiger charge is -2.34. The van der Waals surface area contributed by atoms with Gasteiger partial charge >= 0.3 is 0 Å². The van der Waals surface area contributed by atoms with Gasteiger partial charge in [-0.3, -0.25) is 9.69 Å². The molecule has 0 spiro atoms. The molecule has 2 aromatic rings. The van der Waals surface area contributed by atoms with Gasteiger partial charge in [0.1, 0.15) is 6.61 Å². The third-order valence-electron chi connectivity index (χ3n) is 4.07. The molecule has 6 heteroatoms. The minimum absolute atomic E-state index is 0.0875. The average Bonchev–Trinajstić information content (AvgIpc) is 3.01. The lowest BCUT2D eigenvalue weighted by atomic mass is 10.2. The number of ether oxygens (including phenoxy) is 1. The summed E-state index contributed by atoms with van der Waals surface area (Å²) in [5, 5.41) is 0. The molecule has 128 valence electrons. The van der Waals surface area contributed by atoms with Gasteiger partial charge in [0.2, 0.25) is 5.91 Å². The Morgan fingerprint density at radius 3 is 2.50 bits per heavy atom. The molecule has 0 saturated carbocycles. The molecule has 1 fully saturated rings. The van der Waals surface area contributed by atoms with Gasteiger partial charge in [-0.05, 0) is 33.6 Å². The van der Waals surface area contributed by atoms with E-state index in [4.69, 9.17) is 4.74 Å². The highest BCUT2D eigenvalue weighted by atomic mass is 79.9. The summed E-state index contributed by atoms with van der Waals surface area (Å²) in [5.74, 6) is 0.0875. The molecule has 1 saturated heterocycles. The van der Waals surface area contributed by atoms with E-state index in [9.17, 15) is 4.79 Å². The van der Waals surface area contributed by atoms with Gasteiger partial charge in [-0.1, -0.05) is 30.3 Å². The number of rotatable bonds is 6. The molecule has 0 radical (unpaired) electrons. The maximum absolute atomic E-state index is 12.2. The topological polar surface area (TPSA) is 32.8 Å². The van der Waals surface area contributed by atoms with Crippen molar-refractivity contribution in [3.8, 4) is 0 Å². The van der Waals surface area contributed by atoms with Gasteiger partial charge < -0.3 is 9.64 Å². The highest BCUT2D eigenvalue weighted by Gasteiger charge is 2.21. The minimum atomic E-state index is 0.0875. The van der Waals surface area contributed by atoms with Crippen LogP contribution in [-0.4, -0.2) is 48.5 Å². The monoisotopic (exact) mass is 408 g/mol. The summed E-state index contributed by atoms with van der Waals surface area (Å²) < 4.78 is 6.72. The number of carbonyl (C=O) groups excluding carboxylic acids is 1. The molecule has 0 bridgehead atoms. The molecular weight excluding hydrogens is 388 g/mol. The summed E-state index contributed by atoms with van der Waals surface area (Å²) in [6, 6.07) is 14.2. The summed E-state index contributed by atoms with van der Waals surface area (Å²) in [7, 11) is 0. The van der Waals surface area contributed by atoms with Crippen LogP contribution in [0.25, 0.3) is 0 Å². The van der Waals surface area contributed by atoms with Crippen molar-refractivity contribution in [2.45, 2.75) is 13.2 Å². The number of hydrogen-bond acceptors (Lipinski definition) is 4. The fourth-order valence-electron chi connectivity index (χ4n) is 2.73. The SMILES string of the molecule is O=C(COCc1ccccc1)N1CCN(Cc2ccc(Br)s2)CC1. The maximum atomic E-state index is 12.2. The quantitative estimate of drug-likeness (QED) is 0.734. The number of carbonyl (C=O) groups is 1. The second-order valence-electron chi connectivity index (χ2n) is 5.84. The van der Waals surface area contributed by atoms with Crippen LogP contribution < -0.4 is 0 Å². The summed E-state index contributed by atoms with van der Waals surface area (Å²) >= 11 is 5.27. The molecule has 2 heterocycles. The Kier molecular flexibility index (Phi) is 6.43. The van der Waals surface area contributed by atoms with E-state index in [1.54, 1.807) is 11.3 Å². The highest BCUT2D eigenvalue weighted by Crippen LogP contribution is 2.23. The van der Waals surface area contributed by atoms with E-state index < -0.39 is 0 Å². The number of nitrogens with zero attached hydrogens (tertiary/aromatic N) is 2. The van der Waals surface area contributed by atoms with Crippen LogP contribution in [0.2, 0.25) is 0 Å². The van der Waals surface area contributed by atoms with Gasteiger partial charge in [-0.2, -0.15) is 0 Å². The van der Waals surface area contributed by atoms with Crippen LogP contribution in [-0.2, 0) is 22.7 Å². The number of benzene rings is 1. The molecule has 0 N–H and O–H groups in total. The summed E-state index contributed by atoms with van der Waals surface area (Å²) in [6.07, 6.45) is 0. The van der Waals surface area contributed by atoms with E-state index in [-0.39, 0.29) is 12.5 Å². The van der Waals surface area contributed by atoms with E-state index in [0.29, 0.717) is 6.61 Å². The van der Waals surface area contributed by atoms with Crippen molar-refractivity contribution in [1.82, 2.24) is 9.80 Å². The van der Waals surface area contributed by atoms with Crippen LogP contribution in [0.1, 0.15) is 10.4 Å². The fourth-order valence-corrected chi connectivity index (χ4v) is 4.26. The van der Waals surface area contributed by atoms with Crippen molar-refractivity contribution in [1.29, 1.82) is 0 Å². The molecule has 1 aromatic carbocycles. The van der Waals surface area contributed by atoms with Gasteiger partial charge in [-0.25, -0.2) is 0 Å². The lowest BCUT2D eigenvalue weighted by Crippen LogP contribution is -2.49. The Morgan fingerprint density at radius 1 is 1.08 bits per heavy atom. The van der Waals surface area contributed by atoms with Crippen LogP contribution in [0, 0.1) is 0 Å². The van der Waals surface area contributed by atoms with Gasteiger partial charge in [0.05, 0.1) is 10.4 Å². The van der Waals surface area contributed by atoms with Gasteiger partial charge in [0.15, 0.2) is 0 Å². The third-order valence-corrected chi connectivity index (χ3v) is 5.68. The molecule has 3 rings (SSSR count). The third kappa shape index (κ3) is 5.14. The van der Waals surface area contributed by atoms with E-state index in [2.05, 4.69) is 33.0 Å². The van der Waals surface area contributed by atoms with Crippen LogP contribution in [0.3, 0.4) is 0 Å². The zero-order valence-corrected chi connectivity index (χ0v) is 15.9. The molecule has 1 aliphatic rings. The highest BCUT2D eigenvalue weighted by molar-refractivity contribution is 9.11. The molecule has 1 aromatic heterocycles. The van der Waals surface area contributed by atoms with Crippen molar-refractivity contribution in [2.24, 2.45) is 0 Å². The van der Waals surface area contributed by atoms with Crippen molar-refractivity contribution < 1.29 is 9.53 Å². The first-order valence-electron chi connectivity index (χ1n) is 8.07. The molecule has 1 aliphatic heterocycles. The van der Waals surface area contributed by atoms with Crippen molar-refractivity contribution in [2.75, 3.05) is 32.8 Å². The second-order valence-corrected chi connectivity index (χ2v) is 8.39. The minimum Gasteiger partial charge on any atom is -0.367 e. The summed E-state index contributed by atoms with van der Waals surface area (Å²) in [5.41, 5.74) is 1.09. The molecule has 24 heavy (non-hydrogen) atoms. The first-order valence-corrected chi connectivity index (χ1v) is 9.67. The number of amides is 1. The number of piperazine rings is 1. The summed E-state index contributed by atoms with van der Waals surface area (Å²) in [6.45, 7) is 5.00. The molecule has 1 amide bonds. The largest absolute Gasteiger partial charge is 0.367 e. The Labute approximate surface area is 155 Å². The predicted octanol–water partition coefficient (Wildman–Crippen LogP) is 3.37. The lowest BCUT2D eigenvalue weighted by molar-refractivity contribution is -0.138. The molecule has 4 nitrogen and oxygen atoms in total. The zero-order chi connectivity index (χ0) is 16.8. The number of hydrogen-bond donors (Lipinski definition) is 0.